The number of sulfonamides is 1. The molecule has 2 heterocycles. The highest BCUT2D eigenvalue weighted by molar-refractivity contribution is 7.89. The molecule has 174 valence electrons. The first-order valence-corrected chi connectivity index (χ1v) is 12.4. The minimum absolute atomic E-state index is 0.0252. The number of carbonyl (C=O) groups excluding carboxylic acids is 1. The maximum Gasteiger partial charge on any atom is 0.252 e. The molecule has 0 amide bonds. The van der Waals surface area contributed by atoms with Crippen LogP contribution in [0, 0.1) is 13.8 Å². The summed E-state index contributed by atoms with van der Waals surface area (Å²) in [6.07, 6.45) is 1.39. The summed E-state index contributed by atoms with van der Waals surface area (Å²) in [6, 6.07) is 11.7. The van der Waals surface area contributed by atoms with Crippen LogP contribution in [0.25, 0.3) is 10.9 Å². The topological polar surface area (TPSA) is 96.5 Å². The number of nitrogens with zero attached hydrogens (tertiary/aromatic N) is 1. The summed E-state index contributed by atoms with van der Waals surface area (Å²) in [7, 11) is -3.98. The predicted molar refractivity (Wildman–Crippen MR) is 127 cm³/mol. The van der Waals surface area contributed by atoms with Crippen molar-refractivity contribution in [3.05, 3.63) is 75.1 Å². The molecule has 0 unspecified atom stereocenters. The maximum atomic E-state index is 13.6. The minimum atomic E-state index is -3.98. The monoisotopic (exact) mass is 468 g/mol. The van der Waals surface area contributed by atoms with Crippen LogP contribution in [-0.2, 0) is 21.3 Å². The minimum Gasteiger partial charge on any atom is -0.377 e. The highest BCUT2D eigenvalue weighted by Crippen LogP contribution is 2.24. The van der Waals surface area contributed by atoms with Crippen LogP contribution in [0.1, 0.15) is 46.8 Å². The van der Waals surface area contributed by atoms with Crippen LogP contribution in [0.5, 0.6) is 0 Å². The summed E-state index contributed by atoms with van der Waals surface area (Å²) in [5, 5.41) is 0.878. The van der Waals surface area contributed by atoms with E-state index in [2.05, 4.69) is 4.98 Å². The molecule has 0 aliphatic carbocycles. The maximum absolute atomic E-state index is 13.6. The second-order valence-electron chi connectivity index (χ2n) is 8.68. The third kappa shape index (κ3) is 4.93. The molecular formula is C25H28N2O5S. The van der Waals surface area contributed by atoms with Crippen molar-refractivity contribution < 1.29 is 17.9 Å². The Morgan fingerprint density at radius 1 is 1.18 bits per heavy atom. The standard InChI is InChI=1S/C25H28N2O5S/c1-16-10-17(2)23-13-20(25(29)26-24(23)11-16)14-27(15-21-7-5-9-32-21)33(30,31)22-8-4-6-19(12-22)18(3)28/h4,6,8,10-13,21H,5,7,9,14-15H2,1-3H3,(H,26,29)/t21-/m0/s1. The first kappa shape index (κ1) is 23.4. The lowest BCUT2D eigenvalue weighted by atomic mass is 10.0. The molecule has 33 heavy (non-hydrogen) atoms. The van der Waals surface area contributed by atoms with Gasteiger partial charge in [-0.1, -0.05) is 18.2 Å². The van der Waals surface area contributed by atoms with Crippen molar-refractivity contribution in [1.82, 2.24) is 9.29 Å². The number of aromatic nitrogens is 1. The van der Waals surface area contributed by atoms with Gasteiger partial charge in [0.05, 0.1) is 11.0 Å². The van der Waals surface area contributed by atoms with E-state index in [1.807, 2.05) is 26.0 Å². The van der Waals surface area contributed by atoms with Gasteiger partial charge in [-0.15, -0.1) is 0 Å². The third-order valence-corrected chi connectivity index (χ3v) is 7.85. The molecule has 0 bridgehead atoms. The van der Waals surface area contributed by atoms with Crippen LogP contribution in [0.3, 0.4) is 0 Å². The van der Waals surface area contributed by atoms with E-state index in [0.29, 0.717) is 17.7 Å². The third-order valence-electron chi connectivity index (χ3n) is 6.05. The fourth-order valence-electron chi connectivity index (χ4n) is 4.31. The summed E-state index contributed by atoms with van der Waals surface area (Å²) in [6.45, 7) is 5.96. The van der Waals surface area contributed by atoms with E-state index in [-0.39, 0.29) is 35.4 Å². The Morgan fingerprint density at radius 2 is 1.97 bits per heavy atom. The van der Waals surface area contributed by atoms with E-state index in [1.165, 1.54) is 23.4 Å². The Morgan fingerprint density at radius 3 is 2.67 bits per heavy atom. The number of nitrogens with one attached hydrogen (secondary N) is 1. The van der Waals surface area contributed by atoms with Crippen molar-refractivity contribution >= 4 is 26.7 Å². The number of benzene rings is 2. The number of fused-ring (bicyclic) bond motifs is 1. The van der Waals surface area contributed by atoms with Gasteiger partial charge in [-0.05, 0) is 69.0 Å². The van der Waals surface area contributed by atoms with Crippen LogP contribution < -0.4 is 5.56 Å². The van der Waals surface area contributed by atoms with Gasteiger partial charge in [0.15, 0.2) is 5.78 Å². The normalized spacial score (nSPS) is 16.5. The van der Waals surface area contributed by atoms with Gasteiger partial charge in [0.2, 0.25) is 10.0 Å². The zero-order chi connectivity index (χ0) is 23.8. The number of Topliss-reactive ketones (excluding diaryl/α,β-unsaturated/α-hetero) is 1. The molecule has 0 radical (unpaired) electrons. The second-order valence-corrected chi connectivity index (χ2v) is 10.6. The SMILES string of the molecule is CC(=O)c1cccc(S(=O)(=O)N(Cc2cc3c(C)cc(C)cc3[nH]c2=O)C[C@@H]2CCCO2)c1. The number of hydrogen-bond acceptors (Lipinski definition) is 5. The summed E-state index contributed by atoms with van der Waals surface area (Å²) < 4.78 is 34.3. The molecule has 1 N–H and O–H groups in total. The molecule has 1 saturated heterocycles. The van der Waals surface area contributed by atoms with Gasteiger partial charge in [-0.25, -0.2) is 8.42 Å². The molecule has 8 heteroatoms. The van der Waals surface area contributed by atoms with Gasteiger partial charge < -0.3 is 9.72 Å². The van der Waals surface area contributed by atoms with Crippen molar-refractivity contribution in [1.29, 1.82) is 0 Å². The van der Waals surface area contributed by atoms with Crippen LogP contribution in [0.4, 0.5) is 0 Å². The molecule has 1 aliphatic heterocycles. The van der Waals surface area contributed by atoms with E-state index >= 15 is 0 Å². The smallest absolute Gasteiger partial charge is 0.252 e. The zero-order valence-corrected chi connectivity index (χ0v) is 19.9. The van der Waals surface area contributed by atoms with E-state index in [9.17, 15) is 18.0 Å². The van der Waals surface area contributed by atoms with Crippen LogP contribution in [-0.4, -0.2) is 42.7 Å². The van der Waals surface area contributed by atoms with Gasteiger partial charge in [-0.3, -0.25) is 9.59 Å². The number of hydrogen-bond donors (Lipinski definition) is 1. The van der Waals surface area contributed by atoms with Gasteiger partial charge in [-0.2, -0.15) is 4.31 Å². The molecule has 1 fully saturated rings. The fourth-order valence-corrected chi connectivity index (χ4v) is 5.81. The molecule has 1 aromatic heterocycles. The summed E-state index contributed by atoms with van der Waals surface area (Å²) in [5.74, 6) is -0.213. The van der Waals surface area contributed by atoms with Gasteiger partial charge in [0, 0.05) is 41.7 Å². The lowest BCUT2D eigenvalue weighted by Crippen LogP contribution is -2.38. The van der Waals surface area contributed by atoms with Crippen molar-refractivity contribution in [3.8, 4) is 0 Å². The first-order chi connectivity index (χ1) is 15.6. The first-order valence-electron chi connectivity index (χ1n) is 11.0. The molecular weight excluding hydrogens is 440 g/mol. The molecule has 1 aliphatic rings. The average Bonchev–Trinajstić information content (AvgIpc) is 3.27. The van der Waals surface area contributed by atoms with Gasteiger partial charge >= 0.3 is 0 Å². The van der Waals surface area contributed by atoms with E-state index in [0.717, 1.165) is 34.9 Å². The molecule has 0 saturated carbocycles. The number of aromatic amines is 1. The lowest BCUT2D eigenvalue weighted by molar-refractivity contribution is 0.0925. The van der Waals surface area contributed by atoms with Gasteiger partial charge in [0.1, 0.15) is 0 Å². The molecule has 7 nitrogen and oxygen atoms in total. The Hall–Kier alpha value is -2.81. The van der Waals surface area contributed by atoms with E-state index in [1.54, 1.807) is 18.2 Å². The van der Waals surface area contributed by atoms with Crippen molar-refractivity contribution in [3.63, 3.8) is 0 Å². The molecule has 0 spiro atoms. The highest BCUT2D eigenvalue weighted by atomic mass is 32.2. The molecule has 1 atom stereocenters. The quantitative estimate of drug-likeness (QED) is 0.533. The number of ketones is 1. The second kappa shape index (κ2) is 9.21. The lowest BCUT2D eigenvalue weighted by Gasteiger charge is -2.25. The number of H-pyrrole nitrogens is 1. The molecule has 2 aromatic carbocycles. The van der Waals surface area contributed by atoms with Crippen LogP contribution >= 0.6 is 0 Å². The van der Waals surface area contributed by atoms with Crippen molar-refractivity contribution in [2.75, 3.05) is 13.2 Å². The fraction of sp³-hybridized carbons (Fsp3) is 0.360. The van der Waals surface area contributed by atoms with Crippen molar-refractivity contribution in [2.24, 2.45) is 0 Å². The van der Waals surface area contributed by atoms with E-state index < -0.39 is 10.0 Å². The Labute approximate surface area is 193 Å². The van der Waals surface area contributed by atoms with Crippen LogP contribution in [0.2, 0.25) is 0 Å². The Balaban J connectivity index is 1.76. The van der Waals surface area contributed by atoms with Crippen molar-refractivity contribution in [2.45, 2.75) is 51.2 Å². The number of carbonyl (C=O) groups is 1. The summed E-state index contributed by atoms with van der Waals surface area (Å²) >= 11 is 0. The number of pyridine rings is 1. The van der Waals surface area contributed by atoms with Gasteiger partial charge in [0.25, 0.3) is 5.56 Å². The number of ether oxygens (including phenoxy) is 1. The summed E-state index contributed by atoms with van der Waals surface area (Å²) in [4.78, 5) is 27.6. The molecule has 4 rings (SSSR count). The Kier molecular flexibility index (Phi) is 6.52. The highest BCUT2D eigenvalue weighted by Gasteiger charge is 2.30. The average molecular weight is 469 g/mol. The molecule has 3 aromatic rings. The summed E-state index contributed by atoms with van der Waals surface area (Å²) in [5.41, 5.74) is 3.13. The Bertz CT molecular complexity index is 1370. The number of aryl methyl sites for hydroxylation is 2. The zero-order valence-electron chi connectivity index (χ0n) is 19.1. The predicted octanol–water partition coefficient (Wildman–Crippen LogP) is 3.72. The van der Waals surface area contributed by atoms with E-state index in [4.69, 9.17) is 4.74 Å². The van der Waals surface area contributed by atoms with Crippen LogP contribution in [0.15, 0.2) is 52.2 Å². The number of rotatable bonds is 7. The largest absolute Gasteiger partial charge is 0.377 e.